The fraction of sp³-hybridized carbons (Fsp3) is 0.333. The van der Waals surface area contributed by atoms with Crippen molar-refractivity contribution in [2.75, 3.05) is 19.8 Å². The third-order valence-electron chi connectivity index (χ3n) is 5.18. The van der Waals surface area contributed by atoms with E-state index in [2.05, 4.69) is 9.98 Å². The lowest BCUT2D eigenvalue weighted by molar-refractivity contribution is -0.0671. The van der Waals surface area contributed by atoms with Crippen molar-refractivity contribution >= 4 is 23.9 Å². The van der Waals surface area contributed by atoms with E-state index in [0.29, 0.717) is 36.3 Å². The summed E-state index contributed by atoms with van der Waals surface area (Å²) in [6, 6.07) is 12.8. The maximum absolute atomic E-state index is 14.8. The lowest BCUT2D eigenvalue weighted by Crippen LogP contribution is -2.50. The molecule has 152 valence electrons. The Morgan fingerprint density at radius 2 is 1.79 bits per heavy atom. The van der Waals surface area contributed by atoms with Crippen LogP contribution < -0.4 is 0 Å². The van der Waals surface area contributed by atoms with Crippen LogP contribution in [0.15, 0.2) is 58.5 Å². The normalized spacial score (nSPS) is 21.2. The molecule has 0 amide bonds. The smallest absolute Gasteiger partial charge is 0.272 e. The second-order valence-corrected chi connectivity index (χ2v) is 7.73. The molecule has 2 aromatic carbocycles. The average Bonchev–Trinajstić information content (AvgIpc) is 2.70. The third kappa shape index (κ3) is 4.56. The minimum atomic E-state index is -2.95. The van der Waals surface area contributed by atoms with Gasteiger partial charge in [0, 0.05) is 18.1 Å². The zero-order valence-corrected chi connectivity index (χ0v) is 16.4. The van der Waals surface area contributed by atoms with E-state index in [1.807, 2.05) is 29.2 Å². The summed E-state index contributed by atoms with van der Waals surface area (Å²) < 4.78 is 42.7. The number of nitrogens with zero attached hydrogens (tertiary/aromatic N) is 4. The number of benzene rings is 2. The van der Waals surface area contributed by atoms with Gasteiger partial charge in [0.15, 0.2) is 0 Å². The molecule has 8 heteroatoms. The number of alkyl halides is 2. The Kier molecular flexibility index (Phi) is 5.50. The van der Waals surface area contributed by atoms with Crippen LogP contribution >= 0.6 is 11.6 Å². The number of hydrogen-bond acceptors (Lipinski definition) is 4. The van der Waals surface area contributed by atoms with E-state index in [4.69, 9.17) is 11.6 Å². The van der Waals surface area contributed by atoms with Crippen molar-refractivity contribution in [1.82, 2.24) is 9.80 Å². The molecule has 0 aliphatic carbocycles. The van der Waals surface area contributed by atoms with E-state index >= 15 is 0 Å². The number of aliphatic imine (C=N–C) groups is 2. The predicted molar refractivity (Wildman–Crippen MR) is 108 cm³/mol. The van der Waals surface area contributed by atoms with Crippen LogP contribution in [0.1, 0.15) is 23.5 Å². The van der Waals surface area contributed by atoms with Gasteiger partial charge in [-0.1, -0.05) is 35.9 Å². The summed E-state index contributed by atoms with van der Waals surface area (Å²) in [5.41, 5.74) is 1.52. The predicted octanol–water partition coefficient (Wildman–Crippen LogP) is 4.76. The molecule has 0 radical (unpaired) electrons. The van der Waals surface area contributed by atoms with Crippen LogP contribution in [0.25, 0.3) is 0 Å². The highest BCUT2D eigenvalue weighted by molar-refractivity contribution is 6.30. The molecule has 0 saturated carbocycles. The molecule has 2 aliphatic heterocycles. The molecule has 4 rings (SSSR count). The Balaban J connectivity index is 1.38. The minimum absolute atomic E-state index is 0.252. The molecular weight excluding hydrogens is 401 g/mol. The van der Waals surface area contributed by atoms with Gasteiger partial charge in [-0.2, -0.15) is 0 Å². The lowest BCUT2D eigenvalue weighted by atomic mass is 9.86. The second kappa shape index (κ2) is 8.06. The highest BCUT2D eigenvalue weighted by Gasteiger charge is 2.46. The van der Waals surface area contributed by atoms with E-state index in [0.717, 1.165) is 5.56 Å². The van der Waals surface area contributed by atoms with Crippen molar-refractivity contribution in [3.63, 3.8) is 0 Å². The Labute approximate surface area is 172 Å². The topological polar surface area (TPSA) is 31.2 Å². The number of guanidine groups is 1. The van der Waals surface area contributed by atoms with Crippen molar-refractivity contribution in [3.05, 3.63) is 70.5 Å². The molecule has 1 atom stereocenters. The van der Waals surface area contributed by atoms with Gasteiger partial charge < -0.3 is 9.80 Å². The van der Waals surface area contributed by atoms with Crippen molar-refractivity contribution in [2.45, 2.75) is 24.8 Å². The van der Waals surface area contributed by atoms with Crippen LogP contribution in [0.3, 0.4) is 0 Å². The Morgan fingerprint density at radius 3 is 2.41 bits per heavy atom. The lowest BCUT2D eigenvalue weighted by Gasteiger charge is -2.39. The molecule has 2 heterocycles. The SMILES string of the molecule is Fc1ccc(C2CCN(C3=NCN(Cc4ccc(Cl)cc4)C=N3)CC2(F)F)cc1. The number of likely N-dealkylation sites (tertiary alicyclic amines) is 1. The molecule has 29 heavy (non-hydrogen) atoms. The Hall–Kier alpha value is -2.54. The Morgan fingerprint density at radius 1 is 1.07 bits per heavy atom. The van der Waals surface area contributed by atoms with E-state index in [1.165, 1.54) is 29.2 Å². The fourth-order valence-corrected chi connectivity index (χ4v) is 3.80. The summed E-state index contributed by atoms with van der Waals surface area (Å²) in [4.78, 5) is 12.1. The van der Waals surface area contributed by atoms with Crippen molar-refractivity contribution in [1.29, 1.82) is 0 Å². The quantitative estimate of drug-likeness (QED) is 0.716. The average molecular weight is 421 g/mol. The number of hydrogen-bond donors (Lipinski definition) is 0. The Bertz CT molecular complexity index is 913. The monoisotopic (exact) mass is 420 g/mol. The standard InChI is InChI=1S/C21H20ClF3N4/c22-17-5-1-15(2-6-17)11-28-13-26-20(27-14-28)29-10-9-19(21(24,25)12-29)16-3-7-18(23)8-4-16/h1-8,13,19H,9-12,14H2. The molecule has 0 bridgehead atoms. The molecule has 1 unspecified atom stereocenters. The highest BCUT2D eigenvalue weighted by atomic mass is 35.5. The van der Waals surface area contributed by atoms with Gasteiger partial charge in [-0.15, -0.1) is 0 Å². The summed E-state index contributed by atoms with van der Waals surface area (Å²) in [6.07, 6.45) is 1.89. The molecule has 4 nitrogen and oxygen atoms in total. The van der Waals surface area contributed by atoms with Gasteiger partial charge in [0.2, 0.25) is 5.96 Å². The van der Waals surface area contributed by atoms with Gasteiger partial charge in [-0.3, -0.25) is 0 Å². The van der Waals surface area contributed by atoms with E-state index in [-0.39, 0.29) is 6.42 Å². The zero-order chi connectivity index (χ0) is 20.4. The highest BCUT2D eigenvalue weighted by Crippen LogP contribution is 2.40. The summed E-state index contributed by atoms with van der Waals surface area (Å²) in [6.45, 7) is 0.929. The first-order chi connectivity index (χ1) is 13.9. The largest absolute Gasteiger partial charge is 0.339 e. The maximum Gasteiger partial charge on any atom is 0.272 e. The van der Waals surface area contributed by atoms with Crippen molar-refractivity contribution in [3.8, 4) is 0 Å². The van der Waals surface area contributed by atoms with E-state index in [9.17, 15) is 13.2 Å². The van der Waals surface area contributed by atoms with Gasteiger partial charge in [0.05, 0.1) is 18.8 Å². The van der Waals surface area contributed by atoms with Crippen LogP contribution in [-0.4, -0.2) is 47.8 Å². The van der Waals surface area contributed by atoms with Gasteiger partial charge in [-0.05, 0) is 41.8 Å². The summed E-state index contributed by atoms with van der Waals surface area (Å²) in [5.74, 6) is -3.98. The fourth-order valence-electron chi connectivity index (χ4n) is 3.68. The van der Waals surface area contributed by atoms with E-state index < -0.39 is 24.2 Å². The summed E-state index contributed by atoms with van der Waals surface area (Å²) in [7, 11) is 0. The summed E-state index contributed by atoms with van der Waals surface area (Å²) in [5, 5.41) is 0.673. The van der Waals surface area contributed by atoms with Gasteiger partial charge in [0.25, 0.3) is 5.92 Å². The minimum Gasteiger partial charge on any atom is -0.339 e. The maximum atomic E-state index is 14.8. The van der Waals surface area contributed by atoms with Crippen LogP contribution in [0, 0.1) is 5.82 Å². The van der Waals surface area contributed by atoms with Gasteiger partial charge in [-0.25, -0.2) is 23.2 Å². The van der Waals surface area contributed by atoms with Crippen LogP contribution in [0.2, 0.25) is 5.02 Å². The number of piperidine rings is 1. The molecule has 1 fully saturated rings. The molecular formula is C21H20ClF3N4. The van der Waals surface area contributed by atoms with Crippen LogP contribution in [-0.2, 0) is 6.54 Å². The van der Waals surface area contributed by atoms with Crippen molar-refractivity contribution < 1.29 is 13.2 Å². The molecule has 0 N–H and O–H groups in total. The van der Waals surface area contributed by atoms with Gasteiger partial charge in [0.1, 0.15) is 12.5 Å². The van der Waals surface area contributed by atoms with Crippen molar-refractivity contribution in [2.24, 2.45) is 9.98 Å². The molecule has 0 spiro atoms. The molecule has 2 aliphatic rings. The first kappa shape index (κ1) is 19.8. The third-order valence-corrected chi connectivity index (χ3v) is 5.44. The van der Waals surface area contributed by atoms with Crippen LogP contribution in [0.4, 0.5) is 13.2 Å². The molecule has 0 aromatic heterocycles. The summed E-state index contributed by atoms with van der Waals surface area (Å²) >= 11 is 5.89. The molecule has 1 saturated heterocycles. The number of halogens is 4. The first-order valence-electron chi connectivity index (χ1n) is 9.36. The molecule has 2 aromatic rings. The van der Waals surface area contributed by atoms with Crippen LogP contribution in [0.5, 0.6) is 0 Å². The first-order valence-corrected chi connectivity index (χ1v) is 9.74. The zero-order valence-electron chi connectivity index (χ0n) is 15.6. The van der Waals surface area contributed by atoms with Gasteiger partial charge >= 0.3 is 0 Å². The van der Waals surface area contributed by atoms with E-state index in [1.54, 1.807) is 6.34 Å². The number of rotatable bonds is 3. The second-order valence-electron chi connectivity index (χ2n) is 7.29.